The first kappa shape index (κ1) is 19.7. The molecule has 1 atom stereocenters. The number of hydrogen-bond acceptors (Lipinski definition) is 4. The highest BCUT2D eigenvalue weighted by molar-refractivity contribution is 5.73. The number of rotatable bonds is 8. The molecule has 0 saturated carbocycles. The lowest BCUT2D eigenvalue weighted by Gasteiger charge is -2.33. The molecule has 25 heavy (non-hydrogen) atoms. The quantitative estimate of drug-likeness (QED) is 0.653. The number of aliphatic hydroxyl groups excluding tert-OH is 1. The van der Waals surface area contributed by atoms with E-state index in [1.807, 2.05) is 24.3 Å². The third-order valence-corrected chi connectivity index (χ3v) is 4.68. The first-order chi connectivity index (χ1) is 12.1. The van der Waals surface area contributed by atoms with Crippen molar-refractivity contribution >= 4 is 6.03 Å². The predicted molar refractivity (Wildman–Crippen MR) is 101 cm³/mol. The lowest BCUT2D eigenvalue weighted by atomic mass is 10.1. The number of hydrogen-bond donors (Lipinski definition) is 3. The van der Waals surface area contributed by atoms with Crippen LogP contribution in [0.25, 0.3) is 0 Å². The molecule has 2 rings (SSSR count). The fraction of sp³-hybridized carbons (Fsp3) is 0.632. The average molecular weight is 348 g/mol. The molecule has 1 aromatic rings. The zero-order valence-electron chi connectivity index (χ0n) is 15.5. The van der Waals surface area contributed by atoms with Crippen molar-refractivity contribution in [1.82, 2.24) is 20.4 Å². The van der Waals surface area contributed by atoms with E-state index in [2.05, 4.69) is 34.4 Å². The Kier molecular flexibility index (Phi) is 8.18. The summed E-state index contributed by atoms with van der Waals surface area (Å²) in [7, 11) is 2.16. The third kappa shape index (κ3) is 7.42. The zero-order chi connectivity index (χ0) is 18.1. The molecule has 2 amide bonds. The van der Waals surface area contributed by atoms with Crippen molar-refractivity contribution < 1.29 is 9.90 Å². The van der Waals surface area contributed by atoms with Crippen molar-refractivity contribution in [2.24, 2.45) is 5.92 Å². The van der Waals surface area contributed by atoms with Crippen LogP contribution in [0.1, 0.15) is 18.1 Å². The number of amides is 2. The number of benzene rings is 1. The summed E-state index contributed by atoms with van der Waals surface area (Å²) in [6, 6.07) is 7.70. The van der Waals surface area contributed by atoms with Crippen LogP contribution < -0.4 is 10.6 Å². The maximum atomic E-state index is 11.9. The van der Waals surface area contributed by atoms with Crippen LogP contribution in [0.15, 0.2) is 24.3 Å². The van der Waals surface area contributed by atoms with Gasteiger partial charge in [-0.3, -0.25) is 0 Å². The molecule has 3 N–H and O–H groups in total. The van der Waals surface area contributed by atoms with E-state index < -0.39 is 0 Å². The molecule has 1 aliphatic heterocycles. The van der Waals surface area contributed by atoms with Crippen LogP contribution in [0.3, 0.4) is 0 Å². The highest BCUT2D eigenvalue weighted by atomic mass is 16.3. The molecule has 1 aromatic carbocycles. The minimum atomic E-state index is -0.0998. The number of carbonyl (C=O) groups is 1. The second-order valence-corrected chi connectivity index (χ2v) is 7.07. The number of nitrogens with zero attached hydrogens (tertiary/aromatic N) is 2. The molecular weight excluding hydrogens is 316 g/mol. The number of aliphatic hydroxyl groups is 1. The van der Waals surface area contributed by atoms with Gasteiger partial charge < -0.3 is 25.5 Å². The molecule has 0 aliphatic carbocycles. The Bertz CT molecular complexity index is 513. The highest BCUT2D eigenvalue weighted by Crippen LogP contribution is 2.05. The second-order valence-electron chi connectivity index (χ2n) is 7.07. The van der Waals surface area contributed by atoms with Crippen LogP contribution in [-0.4, -0.2) is 73.8 Å². The molecule has 0 bridgehead atoms. The van der Waals surface area contributed by atoms with Crippen LogP contribution in [0.4, 0.5) is 4.79 Å². The first-order valence-corrected chi connectivity index (χ1v) is 9.18. The van der Waals surface area contributed by atoms with Gasteiger partial charge in [-0.1, -0.05) is 31.2 Å². The van der Waals surface area contributed by atoms with Gasteiger partial charge in [-0.25, -0.2) is 4.79 Å². The Hall–Kier alpha value is -1.63. The maximum Gasteiger partial charge on any atom is 0.314 e. The fourth-order valence-corrected chi connectivity index (χ4v) is 3.00. The minimum absolute atomic E-state index is 0.0627. The summed E-state index contributed by atoms with van der Waals surface area (Å²) in [6.07, 6.45) is 0.788. The lowest BCUT2D eigenvalue weighted by Crippen LogP contribution is -2.47. The molecule has 0 radical (unpaired) electrons. The van der Waals surface area contributed by atoms with E-state index in [-0.39, 0.29) is 12.6 Å². The fourth-order valence-electron chi connectivity index (χ4n) is 3.00. The molecule has 1 heterocycles. The van der Waals surface area contributed by atoms with E-state index in [4.69, 9.17) is 5.11 Å². The molecule has 1 saturated heterocycles. The Balaban J connectivity index is 1.56. The lowest BCUT2D eigenvalue weighted by molar-refractivity contribution is 0.138. The topological polar surface area (TPSA) is 67.8 Å². The molecule has 0 spiro atoms. The van der Waals surface area contributed by atoms with E-state index in [1.165, 1.54) is 0 Å². The molecule has 140 valence electrons. The van der Waals surface area contributed by atoms with E-state index in [0.29, 0.717) is 19.0 Å². The standard InChI is InChI=1S/C19H32N4O2/c1-16(14-23-11-9-22(2)10-12-23)13-21-19(25)20-8-7-17-3-5-18(15-24)6-4-17/h3-6,16,24H,7-15H2,1-2H3,(H2,20,21,25). The molecule has 6 nitrogen and oxygen atoms in total. The minimum Gasteiger partial charge on any atom is -0.392 e. The zero-order valence-corrected chi connectivity index (χ0v) is 15.5. The number of likely N-dealkylation sites (N-methyl/N-ethyl adjacent to an activating group) is 1. The van der Waals surface area contributed by atoms with E-state index in [0.717, 1.165) is 50.3 Å². The van der Waals surface area contributed by atoms with Crippen molar-refractivity contribution in [1.29, 1.82) is 0 Å². The summed E-state index contributed by atoms with van der Waals surface area (Å²) in [5.41, 5.74) is 2.06. The summed E-state index contributed by atoms with van der Waals surface area (Å²) in [4.78, 5) is 16.7. The van der Waals surface area contributed by atoms with Gasteiger partial charge in [0, 0.05) is 45.8 Å². The van der Waals surface area contributed by atoms with E-state index in [9.17, 15) is 4.79 Å². The summed E-state index contributed by atoms with van der Waals surface area (Å²) >= 11 is 0. The summed E-state index contributed by atoms with van der Waals surface area (Å²) in [6.45, 7) is 9.06. The molecular formula is C19H32N4O2. The van der Waals surface area contributed by atoms with Crippen LogP contribution in [0.2, 0.25) is 0 Å². The molecule has 6 heteroatoms. The van der Waals surface area contributed by atoms with Crippen molar-refractivity contribution in [2.45, 2.75) is 20.0 Å². The SMILES string of the molecule is CC(CNC(=O)NCCc1ccc(CO)cc1)CN1CCN(C)CC1. The normalized spacial score (nSPS) is 17.2. The molecule has 1 aliphatic rings. The Morgan fingerprint density at radius 2 is 1.76 bits per heavy atom. The van der Waals surface area contributed by atoms with E-state index >= 15 is 0 Å². The van der Waals surface area contributed by atoms with E-state index in [1.54, 1.807) is 0 Å². The Morgan fingerprint density at radius 3 is 2.40 bits per heavy atom. The number of urea groups is 1. The van der Waals surface area contributed by atoms with Crippen LogP contribution in [0, 0.1) is 5.92 Å². The smallest absolute Gasteiger partial charge is 0.314 e. The van der Waals surface area contributed by atoms with Gasteiger partial charge in [0.2, 0.25) is 0 Å². The molecule has 1 unspecified atom stereocenters. The van der Waals surface area contributed by atoms with Crippen molar-refractivity contribution in [2.75, 3.05) is 52.9 Å². The molecule has 0 aromatic heterocycles. The predicted octanol–water partition coefficient (Wildman–Crippen LogP) is 0.904. The van der Waals surface area contributed by atoms with Gasteiger partial charge in [0.25, 0.3) is 0 Å². The van der Waals surface area contributed by atoms with Crippen LogP contribution in [-0.2, 0) is 13.0 Å². The van der Waals surface area contributed by atoms with Gasteiger partial charge in [-0.2, -0.15) is 0 Å². The van der Waals surface area contributed by atoms with Gasteiger partial charge >= 0.3 is 6.03 Å². The van der Waals surface area contributed by atoms with Crippen molar-refractivity contribution in [3.63, 3.8) is 0 Å². The van der Waals surface area contributed by atoms with Crippen LogP contribution >= 0.6 is 0 Å². The Morgan fingerprint density at radius 1 is 1.12 bits per heavy atom. The monoisotopic (exact) mass is 348 g/mol. The highest BCUT2D eigenvalue weighted by Gasteiger charge is 2.16. The first-order valence-electron chi connectivity index (χ1n) is 9.18. The second kappa shape index (κ2) is 10.4. The third-order valence-electron chi connectivity index (χ3n) is 4.68. The van der Waals surface area contributed by atoms with Gasteiger partial charge in [0.1, 0.15) is 0 Å². The van der Waals surface area contributed by atoms with Gasteiger partial charge in [0.15, 0.2) is 0 Å². The van der Waals surface area contributed by atoms with Gasteiger partial charge in [0.05, 0.1) is 6.61 Å². The van der Waals surface area contributed by atoms with Crippen LogP contribution in [0.5, 0.6) is 0 Å². The summed E-state index contributed by atoms with van der Waals surface area (Å²) in [5, 5.41) is 14.9. The average Bonchev–Trinajstić information content (AvgIpc) is 2.62. The Labute approximate surface area is 151 Å². The number of piperazine rings is 1. The summed E-state index contributed by atoms with van der Waals surface area (Å²) < 4.78 is 0. The largest absolute Gasteiger partial charge is 0.392 e. The van der Waals surface area contributed by atoms with Crippen molar-refractivity contribution in [3.8, 4) is 0 Å². The number of nitrogens with one attached hydrogen (secondary N) is 2. The molecule has 1 fully saturated rings. The number of carbonyl (C=O) groups excluding carboxylic acids is 1. The summed E-state index contributed by atoms with van der Waals surface area (Å²) in [5.74, 6) is 0.445. The van der Waals surface area contributed by atoms with Gasteiger partial charge in [-0.15, -0.1) is 0 Å². The maximum absolute atomic E-state index is 11.9. The van der Waals surface area contributed by atoms with Gasteiger partial charge in [-0.05, 0) is 30.5 Å². The van der Waals surface area contributed by atoms with Crippen molar-refractivity contribution in [3.05, 3.63) is 35.4 Å².